The van der Waals surface area contributed by atoms with Gasteiger partial charge in [0.05, 0.1) is 13.1 Å². The van der Waals surface area contributed by atoms with E-state index in [0.717, 1.165) is 0 Å². The summed E-state index contributed by atoms with van der Waals surface area (Å²) in [4.78, 5) is 0. The fourth-order valence-electron chi connectivity index (χ4n) is 7.21. The minimum atomic E-state index is 1.23. The second-order valence-corrected chi connectivity index (χ2v) is 14.8. The van der Waals surface area contributed by atoms with E-state index < -0.39 is 0 Å². The first kappa shape index (κ1) is 42.2. The zero-order valence-corrected chi connectivity index (χ0v) is 31.7. The van der Waals surface area contributed by atoms with Gasteiger partial charge in [0.15, 0.2) is 0 Å². The number of imidazole rings is 1. The van der Waals surface area contributed by atoms with Crippen molar-refractivity contribution in [3.05, 3.63) is 18.2 Å². The van der Waals surface area contributed by atoms with Crippen LogP contribution in [0.1, 0.15) is 245 Å². The highest BCUT2D eigenvalue weighted by molar-refractivity contribution is 4.84. The Hall–Kier alpha value is -0.790. The third kappa shape index (κ3) is 26.9. The van der Waals surface area contributed by atoms with Crippen LogP contribution in [-0.2, 0) is 19.5 Å². The number of hydrogen-bond donors (Lipinski definition) is 0. The molecule has 0 bridgehead atoms. The number of aromatic nitrogens is 2. The third-order valence-electron chi connectivity index (χ3n) is 10.3. The molecule has 0 aliphatic rings. The molecule has 0 aromatic carbocycles. The van der Waals surface area contributed by atoms with E-state index in [0.29, 0.717) is 0 Å². The number of unbranched alkanes of at least 4 members (excludes halogenated alkanes) is 31. The van der Waals surface area contributed by atoms with Gasteiger partial charge in [-0.25, -0.2) is 9.13 Å². The zero-order valence-electron chi connectivity index (χ0n) is 31.7. The monoisotopic (exact) mass is 630 g/mol. The van der Waals surface area contributed by atoms with Gasteiger partial charge in [-0.2, -0.15) is 0 Å². The number of hydrogen-bond acceptors (Lipinski definition) is 0. The van der Waals surface area contributed by atoms with Crippen LogP contribution in [0.15, 0.2) is 12.4 Å². The predicted molar refractivity (Wildman–Crippen MR) is 202 cm³/mol. The second kappa shape index (κ2) is 34.5. The smallest absolute Gasteiger partial charge is 0.234 e. The van der Waals surface area contributed by atoms with Crippen LogP contribution in [0.5, 0.6) is 0 Å². The SMILES string of the molecule is CCCCCCCCCCCCCCCCCCCc1n(CCCCCCCCCC)cc[n+]1CCCCCCCCCCC. The Labute approximate surface area is 285 Å². The number of nitrogens with zero attached hydrogens (tertiary/aromatic N) is 2. The van der Waals surface area contributed by atoms with Crippen molar-refractivity contribution in [1.29, 1.82) is 0 Å². The largest absolute Gasteiger partial charge is 0.256 e. The fraction of sp³-hybridized carbons (Fsp3) is 0.930. The summed E-state index contributed by atoms with van der Waals surface area (Å²) in [7, 11) is 0. The van der Waals surface area contributed by atoms with E-state index in [1.807, 2.05) is 0 Å². The molecule has 0 atom stereocenters. The topological polar surface area (TPSA) is 8.81 Å². The van der Waals surface area contributed by atoms with Gasteiger partial charge in [0.2, 0.25) is 0 Å². The maximum absolute atomic E-state index is 2.64. The molecule has 0 spiro atoms. The molecule has 0 aliphatic heterocycles. The minimum absolute atomic E-state index is 1.23. The van der Waals surface area contributed by atoms with Crippen molar-refractivity contribution >= 4 is 0 Å². The van der Waals surface area contributed by atoms with Crippen LogP contribution < -0.4 is 4.57 Å². The van der Waals surface area contributed by atoms with E-state index in [2.05, 4.69) is 42.3 Å². The van der Waals surface area contributed by atoms with Crippen LogP contribution in [-0.4, -0.2) is 4.57 Å². The Bertz CT molecular complexity index is 692. The van der Waals surface area contributed by atoms with Gasteiger partial charge < -0.3 is 0 Å². The van der Waals surface area contributed by atoms with Crippen LogP contribution >= 0.6 is 0 Å². The predicted octanol–water partition coefficient (Wildman–Crippen LogP) is 14.6. The van der Waals surface area contributed by atoms with Crippen molar-refractivity contribution in [1.82, 2.24) is 4.57 Å². The summed E-state index contributed by atoms with van der Waals surface area (Å²) in [6, 6.07) is 0. The minimum Gasteiger partial charge on any atom is -0.234 e. The fourth-order valence-corrected chi connectivity index (χ4v) is 7.21. The van der Waals surface area contributed by atoms with Crippen molar-refractivity contribution in [3.8, 4) is 0 Å². The van der Waals surface area contributed by atoms with E-state index in [9.17, 15) is 0 Å². The summed E-state index contributed by atoms with van der Waals surface area (Å²) >= 11 is 0. The molecule has 0 radical (unpaired) electrons. The molecular weight excluding hydrogens is 544 g/mol. The van der Waals surface area contributed by atoms with E-state index >= 15 is 0 Å². The standard InChI is InChI=1S/C43H85N2/c1-4-7-10-13-16-19-20-21-22-23-24-25-26-27-29-32-35-38-43-44(39-36-33-30-18-15-12-9-6-3)41-42-45(43)40-37-34-31-28-17-14-11-8-5-2/h41-42H,4-40H2,1-3H3/q+1. The van der Waals surface area contributed by atoms with Crippen molar-refractivity contribution < 1.29 is 4.57 Å². The molecule has 2 heteroatoms. The molecule has 1 aromatic heterocycles. The first-order valence-corrected chi connectivity index (χ1v) is 21.4. The average molecular weight is 630 g/mol. The molecule has 0 fully saturated rings. The van der Waals surface area contributed by atoms with Gasteiger partial charge in [-0.1, -0.05) is 207 Å². The Kier molecular flexibility index (Phi) is 32.4. The highest BCUT2D eigenvalue weighted by Crippen LogP contribution is 2.16. The van der Waals surface area contributed by atoms with Crippen LogP contribution in [0.3, 0.4) is 0 Å². The molecular formula is C43H85N2+. The van der Waals surface area contributed by atoms with Crippen LogP contribution in [0, 0.1) is 0 Å². The first-order chi connectivity index (χ1) is 22.3. The third-order valence-corrected chi connectivity index (χ3v) is 10.3. The average Bonchev–Trinajstić information content (AvgIpc) is 3.43. The van der Waals surface area contributed by atoms with Crippen molar-refractivity contribution in [2.75, 3.05) is 0 Å². The quantitative estimate of drug-likeness (QED) is 0.0511. The summed E-state index contributed by atoms with van der Waals surface area (Å²) in [5.74, 6) is 1.62. The van der Waals surface area contributed by atoms with Crippen molar-refractivity contribution in [3.63, 3.8) is 0 Å². The summed E-state index contributed by atoms with van der Waals surface area (Å²) in [5.41, 5.74) is 0. The molecule has 0 amide bonds. The first-order valence-electron chi connectivity index (χ1n) is 21.4. The molecule has 0 saturated heterocycles. The van der Waals surface area contributed by atoms with Gasteiger partial charge in [0.1, 0.15) is 12.4 Å². The molecule has 1 rings (SSSR count). The molecule has 0 unspecified atom stereocenters. The van der Waals surface area contributed by atoms with Crippen molar-refractivity contribution in [2.24, 2.45) is 0 Å². The van der Waals surface area contributed by atoms with Crippen molar-refractivity contribution in [2.45, 2.75) is 259 Å². The lowest BCUT2D eigenvalue weighted by atomic mass is 10.0. The summed E-state index contributed by atoms with van der Waals surface area (Å²) in [6.45, 7) is 9.40. The van der Waals surface area contributed by atoms with Crippen LogP contribution in [0.2, 0.25) is 0 Å². The van der Waals surface area contributed by atoms with Gasteiger partial charge in [-0.3, -0.25) is 0 Å². The summed E-state index contributed by atoms with van der Waals surface area (Å²) < 4.78 is 5.27. The lowest BCUT2D eigenvalue weighted by molar-refractivity contribution is -0.704. The maximum atomic E-state index is 2.64. The Balaban J connectivity index is 2.22. The van der Waals surface area contributed by atoms with Gasteiger partial charge in [0.25, 0.3) is 5.82 Å². The highest BCUT2D eigenvalue weighted by Gasteiger charge is 2.16. The number of rotatable bonds is 37. The maximum Gasteiger partial charge on any atom is 0.256 e. The second-order valence-electron chi connectivity index (χ2n) is 14.8. The molecule has 0 N–H and O–H groups in total. The van der Waals surface area contributed by atoms with E-state index in [1.165, 1.54) is 238 Å². The Morgan fingerprint density at radius 3 is 1.07 bits per heavy atom. The van der Waals surface area contributed by atoms with E-state index in [-0.39, 0.29) is 0 Å². The van der Waals surface area contributed by atoms with Gasteiger partial charge in [-0.15, -0.1) is 0 Å². The van der Waals surface area contributed by atoms with Crippen LogP contribution in [0.25, 0.3) is 0 Å². The molecule has 2 nitrogen and oxygen atoms in total. The zero-order chi connectivity index (χ0) is 32.3. The summed E-state index contributed by atoms with van der Waals surface area (Å²) in [6.07, 6.45) is 54.9. The van der Waals surface area contributed by atoms with E-state index in [1.54, 1.807) is 5.82 Å². The Morgan fingerprint density at radius 1 is 0.378 bits per heavy atom. The molecule has 0 saturated carbocycles. The molecule has 0 aliphatic carbocycles. The molecule has 45 heavy (non-hydrogen) atoms. The molecule has 1 heterocycles. The lowest BCUT2D eigenvalue weighted by Crippen LogP contribution is -2.37. The van der Waals surface area contributed by atoms with Gasteiger partial charge in [-0.05, 0) is 32.1 Å². The molecule has 266 valence electrons. The summed E-state index contributed by atoms with van der Waals surface area (Å²) in [5, 5.41) is 0. The van der Waals surface area contributed by atoms with Gasteiger partial charge >= 0.3 is 0 Å². The van der Waals surface area contributed by atoms with Gasteiger partial charge in [0, 0.05) is 6.42 Å². The highest BCUT2D eigenvalue weighted by atomic mass is 15.1. The molecule has 1 aromatic rings. The van der Waals surface area contributed by atoms with Crippen LogP contribution in [0.4, 0.5) is 0 Å². The number of aryl methyl sites for hydroxylation is 2. The van der Waals surface area contributed by atoms with E-state index in [4.69, 9.17) is 0 Å². The lowest BCUT2D eigenvalue weighted by Gasteiger charge is -2.07. The Morgan fingerprint density at radius 2 is 0.689 bits per heavy atom. The normalized spacial score (nSPS) is 11.6.